The average molecular weight is 171 g/mol. The van der Waals surface area contributed by atoms with Crippen LogP contribution in [0, 0.1) is 0 Å². The van der Waals surface area contributed by atoms with Crippen LogP contribution >= 0.6 is 0 Å². The summed E-state index contributed by atoms with van der Waals surface area (Å²) in [4.78, 5) is 1.57. The standard InChI is InChI=1S/C8H18BNO2/c1-2-3-4-9-10(5-7-11-9)6-8-12-9/h10H,2-8H2,1H3. The molecule has 2 aliphatic rings. The van der Waals surface area contributed by atoms with Crippen LogP contribution in [0.3, 0.4) is 0 Å². The summed E-state index contributed by atoms with van der Waals surface area (Å²) in [6.07, 6.45) is 3.61. The lowest BCUT2D eigenvalue weighted by Crippen LogP contribution is -3.19. The van der Waals surface area contributed by atoms with Crippen LogP contribution in [0.1, 0.15) is 19.8 Å². The molecule has 0 amide bonds. The number of hydrogen-bond donors (Lipinski definition) is 1. The number of rotatable bonds is 3. The molecule has 2 saturated heterocycles. The Labute approximate surface area is 74.0 Å². The highest BCUT2D eigenvalue weighted by Gasteiger charge is 2.48. The third-order valence-electron chi connectivity index (χ3n) is 3.18. The minimum absolute atomic E-state index is 0.891. The van der Waals surface area contributed by atoms with Crippen molar-refractivity contribution in [3.05, 3.63) is 0 Å². The van der Waals surface area contributed by atoms with E-state index in [1.54, 1.807) is 4.81 Å². The van der Waals surface area contributed by atoms with E-state index < -0.39 is 6.69 Å². The van der Waals surface area contributed by atoms with Crippen molar-refractivity contribution in [2.45, 2.75) is 26.1 Å². The van der Waals surface area contributed by atoms with Crippen LogP contribution in [-0.2, 0) is 9.31 Å². The summed E-state index contributed by atoms with van der Waals surface area (Å²) in [6, 6.07) is 0. The zero-order valence-corrected chi connectivity index (χ0v) is 7.84. The number of hydrogen-bond acceptors (Lipinski definition) is 2. The van der Waals surface area contributed by atoms with E-state index in [-0.39, 0.29) is 0 Å². The Balaban J connectivity index is 1.97. The summed E-state index contributed by atoms with van der Waals surface area (Å²) in [5.74, 6) is 0. The van der Waals surface area contributed by atoms with E-state index in [0.717, 1.165) is 32.6 Å². The highest BCUT2D eigenvalue weighted by molar-refractivity contribution is 6.59. The van der Waals surface area contributed by atoms with Crippen molar-refractivity contribution >= 4 is 6.69 Å². The molecule has 0 aromatic heterocycles. The number of fused-ring (bicyclic) bond motifs is 1. The normalized spacial score (nSPS) is 40.2. The number of quaternary nitrogens is 1. The van der Waals surface area contributed by atoms with Gasteiger partial charge in [0, 0.05) is 0 Å². The van der Waals surface area contributed by atoms with Crippen molar-refractivity contribution in [2.75, 3.05) is 26.3 Å². The minimum Gasteiger partial charge on any atom is -0.510 e. The molecule has 2 fully saturated rings. The highest BCUT2D eigenvalue weighted by Crippen LogP contribution is 2.16. The summed E-state index contributed by atoms with van der Waals surface area (Å²) < 4.78 is 11.5. The van der Waals surface area contributed by atoms with E-state index >= 15 is 0 Å². The third kappa shape index (κ3) is 1.28. The van der Waals surface area contributed by atoms with E-state index in [0.29, 0.717) is 0 Å². The van der Waals surface area contributed by atoms with Crippen LogP contribution in [0.2, 0.25) is 6.32 Å². The monoisotopic (exact) mass is 171 g/mol. The zero-order valence-electron chi connectivity index (χ0n) is 7.84. The first-order chi connectivity index (χ1) is 5.87. The molecule has 70 valence electrons. The second-order valence-corrected chi connectivity index (χ2v) is 3.91. The second-order valence-electron chi connectivity index (χ2n) is 3.91. The molecular formula is C8H18BNO2. The lowest BCUT2D eigenvalue weighted by Gasteiger charge is -2.30. The van der Waals surface area contributed by atoms with Crippen LogP contribution < -0.4 is 4.81 Å². The van der Waals surface area contributed by atoms with Gasteiger partial charge in [-0.1, -0.05) is 26.1 Å². The Morgan fingerprint density at radius 3 is 2.50 bits per heavy atom. The van der Waals surface area contributed by atoms with Gasteiger partial charge in [0.1, 0.15) is 0 Å². The van der Waals surface area contributed by atoms with Crippen molar-refractivity contribution in [1.82, 2.24) is 0 Å². The molecule has 0 aromatic rings. The molecule has 0 bridgehead atoms. The first-order valence-electron chi connectivity index (χ1n) is 5.16. The second kappa shape index (κ2) is 3.36. The van der Waals surface area contributed by atoms with E-state index in [4.69, 9.17) is 9.31 Å². The molecule has 0 atom stereocenters. The fourth-order valence-electron chi connectivity index (χ4n) is 2.45. The Morgan fingerprint density at radius 2 is 1.92 bits per heavy atom. The predicted octanol–water partition coefficient (Wildman–Crippen LogP) is -0.329. The molecule has 0 radical (unpaired) electrons. The molecule has 0 saturated carbocycles. The maximum atomic E-state index is 5.77. The van der Waals surface area contributed by atoms with E-state index in [1.165, 1.54) is 12.8 Å². The lowest BCUT2D eigenvalue weighted by atomic mass is 9.66. The summed E-state index contributed by atoms with van der Waals surface area (Å²) in [5.41, 5.74) is 0. The van der Waals surface area contributed by atoms with Gasteiger partial charge in [0.2, 0.25) is 0 Å². The highest BCUT2D eigenvalue weighted by atomic mass is 16.6. The van der Waals surface area contributed by atoms with Crippen molar-refractivity contribution in [1.29, 1.82) is 0 Å². The molecule has 2 aliphatic heterocycles. The molecule has 0 aromatic carbocycles. The quantitative estimate of drug-likeness (QED) is 0.587. The van der Waals surface area contributed by atoms with Gasteiger partial charge < -0.3 is 14.1 Å². The van der Waals surface area contributed by atoms with Gasteiger partial charge in [-0.15, -0.1) is 0 Å². The molecule has 12 heavy (non-hydrogen) atoms. The van der Waals surface area contributed by atoms with Gasteiger partial charge in [-0.25, -0.2) is 0 Å². The summed E-state index contributed by atoms with van der Waals surface area (Å²) in [6.45, 7) is 5.44. The third-order valence-corrected chi connectivity index (χ3v) is 3.18. The van der Waals surface area contributed by atoms with Crippen molar-refractivity contribution in [3.63, 3.8) is 0 Å². The summed E-state index contributed by atoms with van der Waals surface area (Å²) >= 11 is 0. The zero-order chi connectivity index (χ0) is 8.44. The van der Waals surface area contributed by atoms with Gasteiger partial charge in [-0.05, 0) is 0 Å². The molecule has 2 rings (SSSR count). The van der Waals surface area contributed by atoms with Crippen LogP contribution in [0.25, 0.3) is 0 Å². The fourth-order valence-corrected chi connectivity index (χ4v) is 2.45. The Hall–Kier alpha value is -0.0551. The van der Waals surface area contributed by atoms with Gasteiger partial charge in [-0.2, -0.15) is 0 Å². The minimum atomic E-state index is -0.891. The summed E-state index contributed by atoms with van der Waals surface area (Å²) in [7, 11) is 0. The van der Waals surface area contributed by atoms with Gasteiger partial charge >= 0.3 is 6.69 Å². The SMILES string of the molecule is CCCC[B-]12OCC[NH+]1CCO2. The first kappa shape index (κ1) is 8.54. The Morgan fingerprint density at radius 1 is 1.25 bits per heavy atom. The number of nitrogens with one attached hydrogen (secondary N) is 1. The largest absolute Gasteiger partial charge is 0.510 e. The van der Waals surface area contributed by atoms with Crippen molar-refractivity contribution in [3.8, 4) is 0 Å². The van der Waals surface area contributed by atoms with Crippen LogP contribution in [-0.4, -0.2) is 33.0 Å². The van der Waals surface area contributed by atoms with Crippen molar-refractivity contribution in [2.24, 2.45) is 0 Å². The Bertz CT molecular complexity index is 155. The Kier molecular flexibility index (Phi) is 2.39. The van der Waals surface area contributed by atoms with Crippen LogP contribution in [0.15, 0.2) is 0 Å². The first-order valence-corrected chi connectivity index (χ1v) is 5.16. The van der Waals surface area contributed by atoms with E-state index in [1.807, 2.05) is 0 Å². The number of unbranched alkanes of at least 4 members (excludes halogenated alkanes) is 1. The van der Waals surface area contributed by atoms with E-state index in [9.17, 15) is 0 Å². The van der Waals surface area contributed by atoms with Crippen molar-refractivity contribution < 1.29 is 14.1 Å². The maximum Gasteiger partial charge on any atom is 0.471 e. The fraction of sp³-hybridized carbons (Fsp3) is 1.00. The topological polar surface area (TPSA) is 22.9 Å². The molecule has 3 nitrogen and oxygen atoms in total. The maximum absolute atomic E-state index is 5.77. The van der Waals surface area contributed by atoms with Gasteiger partial charge in [-0.3, -0.25) is 0 Å². The molecular weight excluding hydrogens is 153 g/mol. The smallest absolute Gasteiger partial charge is 0.471 e. The molecule has 2 heterocycles. The molecule has 1 N–H and O–H groups in total. The van der Waals surface area contributed by atoms with Crippen LogP contribution in [0.5, 0.6) is 0 Å². The molecule has 0 spiro atoms. The molecule has 0 aliphatic carbocycles. The average Bonchev–Trinajstić information content (AvgIpc) is 2.58. The molecule has 4 heteroatoms. The van der Waals surface area contributed by atoms with Crippen LogP contribution in [0.4, 0.5) is 0 Å². The molecule has 0 unspecified atom stereocenters. The summed E-state index contributed by atoms with van der Waals surface area (Å²) in [5, 5.41) is 0. The predicted molar refractivity (Wildman–Crippen MR) is 48.1 cm³/mol. The van der Waals surface area contributed by atoms with Gasteiger partial charge in [0.05, 0.1) is 26.3 Å². The lowest BCUT2D eigenvalue weighted by molar-refractivity contribution is -0.784. The van der Waals surface area contributed by atoms with Gasteiger partial charge in [0.15, 0.2) is 0 Å². The van der Waals surface area contributed by atoms with E-state index in [2.05, 4.69) is 6.92 Å². The van der Waals surface area contributed by atoms with Gasteiger partial charge in [0.25, 0.3) is 0 Å².